The van der Waals surface area contributed by atoms with E-state index in [1.165, 1.54) is 0 Å². The predicted molar refractivity (Wildman–Crippen MR) is 84.6 cm³/mol. The lowest BCUT2D eigenvalue weighted by molar-refractivity contribution is 0.102. The Morgan fingerprint density at radius 3 is 3.00 bits per heavy atom. The van der Waals surface area contributed by atoms with Crippen LogP contribution in [0.2, 0.25) is 0 Å². The van der Waals surface area contributed by atoms with E-state index in [2.05, 4.69) is 10.3 Å². The fourth-order valence-electron chi connectivity index (χ4n) is 2.57. The normalized spacial score (nSPS) is 18.4. The summed E-state index contributed by atoms with van der Waals surface area (Å²) >= 11 is 0. The van der Waals surface area contributed by atoms with Crippen molar-refractivity contribution in [3.63, 3.8) is 0 Å². The molecule has 1 saturated heterocycles. The first-order valence-corrected chi connectivity index (χ1v) is 7.69. The van der Waals surface area contributed by atoms with Crippen molar-refractivity contribution in [1.29, 1.82) is 0 Å². The number of benzene rings is 1. The molecule has 1 aromatic carbocycles. The Morgan fingerprint density at radius 2 is 2.12 bits per heavy atom. The van der Waals surface area contributed by atoms with Gasteiger partial charge in [-0.3, -0.25) is 4.79 Å². The number of ether oxygens (including phenoxy) is 4. The summed E-state index contributed by atoms with van der Waals surface area (Å²) in [4.78, 5) is 16.6. The van der Waals surface area contributed by atoms with Gasteiger partial charge in [0.15, 0.2) is 11.5 Å². The maximum absolute atomic E-state index is 12.4. The molecule has 2 aliphatic heterocycles. The molecule has 3 heterocycles. The highest BCUT2D eigenvalue weighted by Crippen LogP contribution is 2.34. The van der Waals surface area contributed by atoms with E-state index >= 15 is 0 Å². The van der Waals surface area contributed by atoms with Crippen molar-refractivity contribution in [2.24, 2.45) is 0 Å². The van der Waals surface area contributed by atoms with Gasteiger partial charge in [-0.25, -0.2) is 4.98 Å². The van der Waals surface area contributed by atoms with Crippen LogP contribution in [-0.4, -0.2) is 37.0 Å². The number of carbonyl (C=O) groups excluding carboxylic acids is 1. The van der Waals surface area contributed by atoms with Gasteiger partial charge in [-0.2, -0.15) is 0 Å². The minimum absolute atomic E-state index is 0.00956. The van der Waals surface area contributed by atoms with Crippen molar-refractivity contribution in [3.05, 3.63) is 42.1 Å². The minimum atomic E-state index is -0.246. The van der Waals surface area contributed by atoms with Crippen LogP contribution >= 0.6 is 0 Å². The Bertz CT molecular complexity index is 758. The molecule has 1 amide bonds. The van der Waals surface area contributed by atoms with Gasteiger partial charge in [0.05, 0.1) is 13.2 Å². The Morgan fingerprint density at radius 1 is 1.21 bits per heavy atom. The van der Waals surface area contributed by atoms with Crippen LogP contribution in [0.4, 0.5) is 5.69 Å². The highest BCUT2D eigenvalue weighted by atomic mass is 16.7. The van der Waals surface area contributed by atoms with E-state index in [0.29, 0.717) is 41.8 Å². The van der Waals surface area contributed by atoms with Crippen LogP contribution in [0.25, 0.3) is 0 Å². The quantitative estimate of drug-likeness (QED) is 0.927. The van der Waals surface area contributed by atoms with Crippen molar-refractivity contribution in [2.75, 3.05) is 25.3 Å². The predicted octanol–water partition coefficient (Wildman–Crippen LogP) is 2.23. The molecule has 2 aromatic rings. The van der Waals surface area contributed by atoms with Gasteiger partial charge in [0.2, 0.25) is 12.7 Å². The number of hydrogen-bond acceptors (Lipinski definition) is 6. The summed E-state index contributed by atoms with van der Waals surface area (Å²) in [5, 5.41) is 2.83. The number of anilines is 1. The lowest BCUT2D eigenvalue weighted by Gasteiger charge is -2.11. The molecule has 24 heavy (non-hydrogen) atoms. The van der Waals surface area contributed by atoms with E-state index in [4.69, 9.17) is 18.9 Å². The molecule has 1 atom stereocenters. The van der Waals surface area contributed by atoms with Crippen LogP contribution in [-0.2, 0) is 4.74 Å². The number of aromatic nitrogens is 1. The number of carbonyl (C=O) groups is 1. The lowest BCUT2D eigenvalue weighted by Crippen LogP contribution is -2.17. The number of rotatable bonds is 4. The molecule has 0 aliphatic carbocycles. The van der Waals surface area contributed by atoms with Gasteiger partial charge in [-0.15, -0.1) is 0 Å². The largest absolute Gasteiger partial charge is 0.472 e. The topological polar surface area (TPSA) is 78.9 Å². The molecule has 2 aliphatic rings. The van der Waals surface area contributed by atoms with Gasteiger partial charge in [-0.05, 0) is 18.2 Å². The van der Waals surface area contributed by atoms with Gasteiger partial charge in [-0.1, -0.05) is 0 Å². The molecule has 0 bridgehead atoms. The number of amides is 1. The maximum atomic E-state index is 12.4. The van der Waals surface area contributed by atoms with Crippen LogP contribution in [0.1, 0.15) is 16.8 Å². The van der Waals surface area contributed by atoms with E-state index in [9.17, 15) is 4.79 Å². The summed E-state index contributed by atoms with van der Waals surface area (Å²) in [7, 11) is 0. The van der Waals surface area contributed by atoms with Crippen molar-refractivity contribution < 1.29 is 23.7 Å². The highest BCUT2D eigenvalue weighted by molar-refractivity contribution is 6.04. The van der Waals surface area contributed by atoms with E-state index in [1.807, 2.05) is 0 Å². The molecule has 1 N–H and O–H groups in total. The number of hydrogen-bond donors (Lipinski definition) is 1. The second-order valence-corrected chi connectivity index (χ2v) is 5.51. The van der Waals surface area contributed by atoms with Crippen molar-refractivity contribution >= 4 is 11.6 Å². The van der Waals surface area contributed by atoms with Crippen LogP contribution < -0.4 is 19.5 Å². The zero-order valence-corrected chi connectivity index (χ0v) is 12.9. The lowest BCUT2D eigenvalue weighted by atomic mass is 10.2. The first-order chi connectivity index (χ1) is 11.8. The van der Waals surface area contributed by atoms with E-state index in [0.717, 1.165) is 6.42 Å². The second-order valence-electron chi connectivity index (χ2n) is 5.51. The molecule has 7 nitrogen and oxygen atoms in total. The number of nitrogens with one attached hydrogen (secondary N) is 1. The molecule has 7 heteroatoms. The second kappa shape index (κ2) is 6.37. The third kappa shape index (κ3) is 3.11. The van der Waals surface area contributed by atoms with E-state index in [1.54, 1.807) is 36.5 Å². The van der Waals surface area contributed by atoms with Gasteiger partial charge in [0.1, 0.15) is 6.10 Å². The van der Waals surface area contributed by atoms with E-state index < -0.39 is 0 Å². The van der Waals surface area contributed by atoms with Crippen LogP contribution in [0.15, 0.2) is 36.5 Å². The van der Waals surface area contributed by atoms with Crippen LogP contribution in [0, 0.1) is 0 Å². The van der Waals surface area contributed by atoms with Crippen LogP contribution in [0.5, 0.6) is 17.4 Å². The molecule has 0 radical (unpaired) electrons. The summed E-state index contributed by atoms with van der Waals surface area (Å²) in [5.74, 6) is 1.46. The monoisotopic (exact) mass is 328 g/mol. The SMILES string of the molecule is O=C(Nc1ccc2c(c1)OCO2)c1ccnc(OC2CCOC2)c1. The van der Waals surface area contributed by atoms with Gasteiger partial charge >= 0.3 is 0 Å². The number of nitrogens with zero attached hydrogens (tertiary/aromatic N) is 1. The Hall–Kier alpha value is -2.80. The molecule has 4 rings (SSSR count). The summed E-state index contributed by atoms with van der Waals surface area (Å²) in [6.07, 6.45) is 2.37. The molecule has 1 fully saturated rings. The minimum Gasteiger partial charge on any atom is -0.472 e. The fraction of sp³-hybridized carbons (Fsp3) is 0.294. The Balaban J connectivity index is 1.45. The molecule has 1 unspecified atom stereocenters. The van der Waals surface area contributed by atoms with Gasteiger partial charge in [0, 0.05) is 36.0 Å². The summed E-state index contributed by atoms with van der Waals surface area (Å²) in [6.45, 7) is 1.44. The Kier molecular flexibility index (Phi) is 3.92. The molecule has 124 valence electrons. The fourth-order valence-corrected chi connectivity index (χ4v) is 2.57. The molecule has 1 aromatic heterocycles. The average molecular weight is 328 g/mol. The van der Waals surface area contributed by atoms with Gasteiger partial charge in [0.25, 0.3) is 5.91 Å². The number of fused-ring (bicyclic) bond motifs is 1. The van der Waals surface area contributed by atoms with Crippen molar-refractivity contribution in [2.45, 2.75) is 12.5 Å². The average Bonchev–Trinajstić information content (AvgIpc) is 3.26. The third-order valence-electron chi connectivity index (χ3n) is 3.80. The van der Waals surface area contributed by atoms with Crippen LogP contribution in [0.3, 0.4) is 0 Å². The van der Waals surface area contributed by atoms with Crippen molar-refractivity contribution in [1.82, 2.24) is 4.98 Å². The maximum Gasteiger partial charge on any atom is 0.255 e. The zero-order chi connectivity index (χ0) is 16.4. The Labute approximate surface area is 138 Å². The molecular formula is C17H16N2O5. The smallest absolute Gasteiger partial charge is 0.255 e. The summed E-state index contributed by atoms with van der Waals surface area (Å²) in [6, 6.07) is 8.52. The molecule has 0 saturated carbocycles. The summed E-state index contributed by atoms with van der Waals surface area (Å²) < 4.78 is 21.5. The zero-order valence-electron chi connectivity index (χ0n) is 12.9. The number of pyridine rings is 1. The third-order valence-corrected chi connectivity index (χ3v) is 3.80. The van der Waals surface area contributed by atoms with E-state index in [-0.39, 0.29) is 18.8 Å². The first kappa shape index (κ1) is 14.8. The standard InChI is InChI=1S/C17H16N2O5/c20-17(19-12-1-2-14-15(8-12)23-10-22-14)11-3-5-18-16(7-11)24-13-4-6-21-9-13/h1-3,5,7-8,13H,4,6,9-10H2,(H,19,20). The molecular weight excluding hydrogens is 312 g/mol. The molecule has 0 spiro atoms. The summed E-state index contributed by atoms with van der Waals surface area (Å²) in [5.41, 5.74) is 1.10. The highest BCUT2D eigenvalue weighted by Gasteiger charge is 2.19. The first-order valence-electron chi connectivity index (χ1n) is 7.69. The van der Waals surface area contributed by atoms with Crippen molar-refractivity contribution in [3.8, 4) is 17.4 Å². The van der Waals surface area contributed by atoms with Gasteiger partial charge < -0.3 is 24.3 Å².